The van der Waals surface area contributed by atoms with E-state index in [1.54, 1.807) is 73.7 Å². The Kier molecular flexibility index (Phi) is 6.42. The first-order valence-electron chi connectivity index (χ1n) is 10.0. The van der Waals surface area contributed by atoms with Gasteiger partial charge < -0.3 is 14.2 Å². The van der Waals surface area contributed by atoms with Crippen molar-refractivity contribution in [3.05, 3.63) is 98.7 Å². The first-order valence-corrected chi connectivity index (χ1v) is 10.8. The number of allylic oxidation sites excluding steroid dienone is 1. The summed E-state index contributed by atoms with van der Waals surface area (Å²) in [6, 6.07) is 17.0. The van der Waals surface area contributed by atoms with Gasteiger partial charge in [-0.3, -0.25) is 9.59 Å². The molecule has 0 radical (unpaired) electrons. The van der Waals surface area contributed by atoms with E-state index >= 15 is 0 Å². The van der Waals surface area contributed by atoms with Gasteiger partial charge in [-0.05, 0) is 54.5 Å². The molecule has 0 saturated carbocycles. The van der Waals surface area contributed by atoms with Crippen LogP contribution in [0.2, 0.25) is 0 Å². The summed E-state index contributed by atoms with van der Waals surface area (Å²) in [5.74, 6) is 0.154. The molecule has 0 amide bonds. The maximum absolute atomic E-state index is 12.9. The fourth-order valence-corrected chi connectivity index (χ4v) is 3.68. The number of ketones is 2. The number of methoxy groups -OCH3 is 1. The topological polar surface area (TPSA) is 78.9 Å². The second-order valence-electron chi connectivity index (χ2n) is 7.39. The molecule has 33 heavy (non-hydrogen) atoms. The Morgan fingerprint density at radius 2 is 1.67 bits per heavy atom. The molecule has 0 spiro atoms. The van der Waals surface area contributed by atoms with Gasteiger partial charge >= 0.3 is 5.97 Å². The molecule has 0 fully saturated rings. The molecule has 0 bridgehead atoms. The number of rotatable bonds is 6. The highest BCUT2D eigenvalue weighted by Gasteiger charge is 2.30. The zero-order valence-electron chi connectivity index (χ0n) is 17.9. The average molecular weight is 507 g/mol. The minimum Gasteiger partial charge on any atom is -0.485 e. The highest BCUT2D eigenvalue weighted by molar-refractivity contribution is 9.10. The first-order chi connectivity index (χ1) is 15.9. The quantitative estimate of drug-likeness (QED) is 0.252. The number of Topliss-reactive ketones (excluding diaryl/α,β-unsaturated/α-hetero) is 2. The molecule has 0 aromatic heterocycles. The van der Waals surface area contributed by atoms with E-state index in [2.05, 4.69) is 20.7 Å². The molecule has 1 heterocycles. The molecule has 3 aromatic carbocycles. The van der Waals surface area contributed by atoms with Gasteiger partial charge in [-0.2, -0.15) is 0 Å². The lowest BCUT2D eigenvalue weighted by Gasteiger charge is -2.09. The summed E-state index contributed by atoms with van der Waals surface area (Å²) >= 11 is 3.34. The second kappa shape index (κ2) is 9.42. The molecular weight excluding hydrogens is 488 g/mol. The third-order valence-electron chi connectivity index (χ3n) is 5.11. The van der Waals surface area contributed by atoms with E-state index in [9.17, 15) is 14.4 Å². The Hall–Kier alpha value is -3.71. The van der Waals surface area contributed by atoms with Crippen LogP contribution in [0, 0.1) is 6.92 Å². The summed E-state index contributed by atoms with van der Waals surface area (Å²) in [6.07, 6.45) is 1.61. The third-order valence-corrected chi connectivity index (χ3v) is 5.64. The lowest BCUT2D eigenvalue weighted by Crippen LogP contribution is -2.11. The molecule has 0 saturated heterocycles. The number of carbonyl (C=O) groups excluding carboxylic acids is 3. The van der Waals surface area contributed by atoms with Crippen molar-refractivity contribution in [2.24, 2.45) is 0 Å². The van der Waals surface area contributed by atoms with Crippen LogP contribution < -0.4 is 9.47 Å². The minimum atomic E-state index is -0.434. The van der Waals surface area contributed by atoms with E-state index in [1.807, 2.05) is 0 Å². The molecule has 1 aliphatic rings. The lowest BCUT2D eigenvalue weighted by molar-refractivity contribution is 0.0600. The maximum Gasteiger partial charge on any atom is 0.337 e. The van der Waals surface area contributed by atoms with Gasteiger partial charge in [-0.15, -0.1) is 0 Å². The highest BCUT2D eigenvalue weighted by atomic mass is 79.9. The summed E-state index contributed by atoms with van der Waals surface area (Å²) in [6.45, 7) is 1.65. The van der Waals surface area contributed by atoms with Gasteiger partial charge in [0.05, 0.1) is 18.2 Å². The summed E-state index contributed by atoms with van der Waals surface area (Å²) in [5, 5.41) is 0. The number of esters is 1. The van der Waals surface area contributed by atoms with Crippen LogP contribution in [0.25, 0.3) is 6.08 Å². The van der Waals surface area contributed by atoms with Crippen molar-refractivity contribution in [2.75, 3.05) is 13.7 Å². The number of fused-ring (bicyclic) bond motifs is 1. The highest BCUT2D eigenvalue weighted by Crippen LogP contribution is 2.37. The summed E-state index contributed by atoms with van der Waals surface area (Å²) in [4.78, 5) is 36.8. The van der Waals surface area contributed by atoms with Gasteiger partial charge in [0.1, 0.15) is 11.5 Å². The van der Waals surface area contributed by atoms with Crippen LogP contribution in [0.4, 0.5) is 0 Å². The lowest BCUT2D eigenvalue weighted by atomic mass is 10.0. The number of halogens is 1. The molecule has 7 heteroatoms. The van der Waals surface area contributed by atoms with E-state index in [0.29, 0.717) is 39.3 Å². The predicted octanol–water partition coefficient (Wildman–Crippen LogP) is 5.42. The monoisotopic (exact) mass is 506 g/mol. The van der Waals surface area contributed by atoms with Crippen LogP contribution in [-0.4, -0.2) is 31.3 Å². The van der Waals surface area contributed by atoms with Gasteiger partial charge in [0.2, 0.25) is 5.78 Å². The van der Waals surface area contributed by atoms with Crippen molar-refractivity contribution < 1.29 is 28.6 Å². The smallest absolute Gasteiger partial charge is 0.337 e. The Morgan fingerprint density at radius 1 is 1.00 bits per heavy atom. The van der Waals surface area contributed by atoms with Gasteiger partial charge in [0.15, 0.2) is 18.1 Å². The van der Waals surface area contributed by atoms with E-state index in [-0.39, 0.29) is 23.9 Å². The Morgan fingerprint density at radius 3 is 2.33 bits per heavy atom. The number of ether oxygens (including phenoxy) is 3. The fraction of sp³-hybridized carbons (Fsp3) is 0.115. The Balaban J connectivity index is 1.49. The summed E-state index contributed by atoms with van der Waals surface area (Å²) < 4.78 is 17.1. The molecule has 0 aliphatic carbocycles. The Bertz CT molecular complexity index is 1270. The predicted molar refractivity (Wildman–Crippen MR) is 126 cm³/mol. The van der Waals surface area contributed by atoms with Crippen LogP contribution in [0.1, 0.15) is 42.2 Å². The van der Waals surface area contributed by atoms with Crippen LogP contribution in [0.3, 0.4) is 0 Å². The zero-order chi connectivity index (χ0) is 23.5. The number of aryl methyl sites for hydroxylation is 1. The van der Waals surface area contributed by atoms with E-state index in [1.165, 1.54) is 7.11 Å². The minimum absolute atomic E-state index is 0.136. The van der Waals surface area contributed by atoms with Crippen molar-refractivity contribution >= 4 is 39.5 Å². The van der Waals surface area contributed by atoms with Crippen molar-refractivity contribution in [1.29, 1.82) is 0 Å². The molecule has 1 aliphatic heterocycles. The van der Waals surface area contributed by atoms with Crippen LogP contribution >= 0.6 is 15.9 Å². The van der Waals surface area contributed by atoms with E-state index in [0.717, 1.165) is 4.47 Å². The number of hydrogen-bond donors (Lipinski definition) is 0. The largest absolute Gasteiger partial charge is 0.485 e. The van der Waals surface area contributed by atoms with Crippen molar-refractivity contribution in [3.8, 4) is 11.5 Å². The molecule has 3 aromatic rings. The number of hydrogen-bond acceptors (Lipinski definition) is 6. The number of carbonyl (C=O) groups is 3. The van der Waals surface area contributed by atoms with E-state index < -0.39 is 5.97 Å². The van der Waals surface area contributed by atoms with Crippen LogP contribution in [-0.2, 0) is 4.74 Å². The summed E-state index contributed by atoms with van der Waals surface area (Å²) in [5.41, 5.74) is 2.81. The van der Waals surface area contributed by atoms with Gasteiger partial charge in [-0.1, -0.05) is 40.2 Å². The normalized spacial score (nSPS) is 13.4. The van der Waals surface area contributed by atoms with Crippen molar-refractivity contribution in [1.82, 2.24) is 0 Å². The summed E-state index contributed by atoms with van der Waals surface area (Å²) in [7, 11) is 1.32. The molecule has 6 nitrogen and oxygen atoms in total. The zero-order valence-corrected chi connectivity index (χ0v) is 19.5. The first kappa shape index (κ1) is 22.5. The van der Waals surface area contributed by atoms with Crippen molar-refractivity contribution in [3.63, 3.8) is 0 Å². The number of benzene rings is 3. The van der Waals surface area contributed by atoms with Crippen molar-refractivity contribution in [2.45, 2.75) is 6.92 Å². The second-order valence-corrected chi connectivity index (χ2v) is 8.30. The van der Waals surface area contributed by atoms with Crippen LogP contribution in [0.15, 0.2) is 70.9 Å². The third kappa shape index (κ3) is 4.88. The van der Waals surface area contributed by atoms with Crippen LogP contribution in [0.5, 0.6) is 11.5 Å². The molecule has 166 valence electrons. The van der Waals surface area contributed by atoms with Gasteiger partial charge in [0, 0.05) is 16.1 Å². The Labute approximate surface area is 198 Å². The molecule has 0 unspecified atom stereocenters. The molecule has 4 rings (SSSR count). The SMILES string of the molecule is COC(=O)c1ccc(/C=C2\Oc3cc(OCC(=O)c4ccc(Br)cc4)cc(C)c3C2=O)cc1. The standard InChI is InChI=1S/C26H19BrO6/c1-15-11-20(32-14-21(28)17-7-9-19(27)10-8-17)13-22-24(15)25(29)23(33-22)12-16-3-5-18(6-4-16)26(30)31-2/h3-13H,14H2,1-2H3/b23-12-. The fourth-order valence-electron chi connectivity index (χ4n) is 3.41. The molecule has 0 N–H and O–H groups in total. The van der Waals surface area contributed by atoms with E-state index in [4.69, 9.17) is 9.47 Å². The molecular formula is C26H19BrO6. The average Bonchev–Trinajstić information content (AvgIpc) is 3.13. The molecule has 0 atom stereocenters. The van der Waals surface area contributed by atoms with Gasteiger partial charge in [-0.25, -0.2) is 4.79 Å². The maximum atomic E-state index is 12.9. The van der Waals surface area contributed by atoms with Gasteiger partial charge in [0.25, 0.3) is 0 Å².